The Morgan fingerprint density at radius 3 is 1.87 bits per heavy atom. The van der Waals surface area contributed by atoms with Crippen molar-refractivity contribution in [3.05, 3.63) is 0 Å². The summed E-state index contributed by atoms with van der Waals surface area (Å²) in [5.74, 6) is -1.92. The second-order valence-corrected chi connectivity index (χ2v) is 6.98. The number of quaternary nitrogens is 1. The van der Waals surface area contributed by atoms with E-state index >= 15 is 0 Å². The van der Waals surface area contributed by atoms with Gasteiger partial charge in [-0.3, -0.25) is 4.52 Å². The Hall–Kier alpha value is 0.220. The summed E-state index contributed by atoms with van der Waals surface area (Å²) in [6, 6.07) is 0. The SMILES string of the molecule is C[N+](C)(C)CC(OP(=O)(O)O)P(=O)([O-])O. The van der Waals surface area contributed by atoms with Crippen LogP contribution in [0.4, 0.5) is 0 Å². The minimum Gasteiger partial charge on any atom is -0.777 e. The Balaban J connectivity index is 4.78. The Bertz CT molecular complexity index is 299. The molecule has 0 saturated heterocycles. The number of hydrogen-bond acceptors (Lipinski definition) is 4. The van der Waals surface area contributed by atoms with E-state index in [2.05, 4.69) is 4.52 Å². The van der Waals surface area contributed by atoms with Gasteiger partial charge in [0, 0.05) is 0 Å². The van der Waals surface area contributed by atoms with E-state index in [9.17, 15) is 14.0 Å². The largest absolute Gasteiger partial charge is 0.777 e. The average molecular weight is 263 g/mol. The molecule has 0 heterocycles. The van der Waals surface area contributed by atoms with Gasteiger partial charge in [-0.15, -0.1) is 0 Å². The Labute approximate surface area is 87.5 Å². The molecule has 0 aromatic rings. The fourth-order valence-electron chi connectivity index (χ4n) is 0.823. The molecule has 0 fully saturated rings. The van der Waals surface area contributed by atoms with Crippen LogP contribution in [-0.2, 0) is 13.7 Å². The lowest BCUT2D eigenvalue weighted by atomic mass is 10.5. The molecule has 0 amide bonds. The third kappa shape index (κ3) is 8.07. The van der Waals surface area contributed by atoms with Crippen LogP contribution in [0, 0.1) is 0 Å². The van der Waals surface area contributed by atoms with Gasteiger partial charge in [-0.25, -0.2) is 4.57 Å². The molecule has 92 valence electrons. The molecule has 0 aliphatic heterocycles. The fraction of sp³-hybridized carbons (Fsp3) is 1.00. The molecule has 0 aromatic heterocycles. The van der Waals surface area contributed by atoms with Crippen molar-refractivity contribution >= 4 is 15.4 Å². The molecule has 0 spiro atoms. The molecular formula is C5H15NO7P2. The van der Waals surface area contributed by atoms with E-state index in [0.29, 0.717) is 0 Å². The van der Waals surface area contributed by atoms with E-state index in [0.717, 1.165) is 0 Å². The van der Waals surface area contributed by atoms with Crippen LogP contribution in [0.15, 0.2) is 0 Å². The third-order valence-corrected chi connectivity index (χ3v) is 3.02. The maximum absolute atomic E-state index is 10.8. The number of phosphoric acid groups is 1. The first-order valence-electron chi connectivity index (χ1n) is 3.89. The molecule has 0 saturated carbocycles. The van der Waals surface area contributed by atoms with Crippen LogP contribution >= 0.6 is 15.4 Å². The number of hydrogen-bond donors (Lipinski definition) is 3. The zero-order valence-electron chi connectivity index (χ0n) is 8.60. The molecular weight excluding hydrogens is 248 g/mol. The van der Waals surface area contributed by atoms with E-state index in [-0.39, 0.29) is 11.0 Å². The zero-order chi connectivity index (χ0) is 12.5. The lowest BCUT2D eigenvalue weighted by Crippen LogP contribution is -2.43. The summed E-state index contributed by atoms with van der Waals surface area (Å²) in [5, 5.41) is 0. The first kappa shape index (κ1) is 15.2. The second kappa shape index (κ2) is 4.61. The molecule has 0 rings (SSSR count). The van der Waals surface area contributed by atoms with Crippen LogP contribution in [0.25, 0.3) is 0 Å². The predicted octanol–water partition coefficient (Wildman–Crippen LogP) is -1.33. The number of phosphoric ester groups is 1. The summed E-state index contributed by atoms with van der Waals surface area (Å²) in [4.78, 5) is 36.4. The highest BCUT2D eigenvalue weighted by Gasteiger charge is 2.33. The van der Waals surface area contributed by atoms with Gasteiger partial charge in [-0.05, 0) is 0 Å². The van der Waals surface area contributed by atoms with Crippen LogP contribution < -0.4 is 4.89 Å². The molecule has 10 heteroatoms. The van der Waals surface area contributed by atoms with Crippen molar-refractivity contribution in [2.45, 2.75) is 5.85 Å². The lowest BCUT2D eigenvalue weighted by Gasteiger charge is -2.33. The van der Waals surface area contributed by atoms with Crippen molar-refractivity contribution in [2.75, 3.05) is 27.7 Å². The van der Waals surface area contributed by atoms with E-state index in [1.165, 1.54) is 0 Å². The summed E-state index contributed by atoms with van der Waals surface area (Å²) in [6.07, 6.45) is 0. The minimum absolute atomic E-state index is 0.0669. The van der Waals surface area contributed by atoms with Crippen LogP contribution in [-0.4, -0.2) is 52.7 Å². The van der Waals surface area contributed by atoms with E-state index in [4.69, 9.17) is 14.7 Å². The van der Waals surface area contributed by atoms with Crippen molar-refractivity contribution < 1.29 is 37.7 Å². The van der Waals surface area contributed by atoms with Gasteiger partial charge in [0.1, 0.15) is 6.54 Å². The quantitative estimate of drug-likeness (QED) is 0.414. The molecule has 0 aliphatic carbocycles. The predicted molar refractivity (Wildman–Crippen MR) is 49.6 cm³/mol. The van der Waals surface area contributed by atoms with Crippen LogP contribution in [0.3, 0.4) is 0 Å². The van der Waals surface area contributed by atoms with Gasteiger partial charge in [0.25, 0.3) is 0 Å². The van der Waals surface area contributed by atoms with Crippen LogP contribution in [0.1, 0.15) is 0 Å². The Kier molecular flexibility index (Phi) is 4.68. The topological polar surface area (TPSA) is 127 Å². The first-order chi connectivity index (χ1) is 6.31. The molecule has 2 unspecified atom stereocenters. The summed E-state index contributed by atoms with van der Waals surface area (Å²) in [5.41, 5.74) is 0. The smallest absolute Gasteiger partial charge is 0.470 e. The molecule has 8 nitrogen and oxygen atoms in total. The summed E-state index contributed by atoms with van der Waals surface area (Å²) in [6.45, 7) is -0.275. The molecule has 0 bridgehead atoms. The van der Waals surface area contributed by atoms with Gasteiger partial charge in [0.2, 0.25) is 0 Å². The summed E-state index contributed by atoms with van der Waals surface area (Å²) >= 11 is 0. The average Bonchev–Trinajstić information content (AvgIpc) is 1.75. The van der Waals surface area contributed by atoms with Gasteiger partial charge in [-0.1, -0.05) is 0 Å². The highest BCUT2D eigenvalue weighted by atomic mass is 31.2. The zero-order valence-corrected chi connectivity index (χ0v) is 10.4. The van der Waals surface area contributed by atoms with Gasteiger partial charge in [0.05, 0.1) is 21.1 Å². The maximum Gasteiger partial charge on any atom is 0.470 e. The minimum atomic E-state index is -4.95. The molecule has 0 radical (unpaired) electrons. The first-order valence-corrected chi connectivity index (χ1v) is 7.07. The van der Waals surface area contributed by atoms with E-state index in [1.807, 2.05) is 0 Å². The Morgan fingerprint density at radius 2 is 1.67 bits per heavy atom. The maximum atomic E-state index is 10.8. The van der Waals surface area contributed by atoms with Crippen molar-refractivity contribution in [1.82, 2.24) is 0 Å². The molecule has 2 atom stereocenters. The molecule has 15 heavy (non-hydrogen) atoms. The van der Waals surface area contributed by atoms with Crippen molar-refractivity contribution in [2.24, 2.45) is 0 Å². The highest BCUT2D eigenvalue weighted by molar-refractivity contribution is 7.52. The molecule has 0 aromatic carbocycles. The van der Waals surface area contributed by atoms with Gasteiger partial charge in [0.15, 0.2) is 13.4 Å². The van der Waals surface area contributed by atoms with Crippen LogP contribution in [0.2, 0.25) is 0 Å². The number of likely N-dealkylation sites (N-methyl/N-ethyl adjacent to an activating group) is 1. The number of rotatable bonds is 5. The highest BCUT2D eigenvalue weighted by Crippen LogP contribution is 2.48. The van der Waals surface area contributed by atoms with Gasteiger partial charge in [-0.2, -0.15) is 0 Å². The van der Waals surface area contributed by atoms with Gasteiger partial charge < -0.3 is 28.6 Å². The fourth-order valence-corrected chi connectivity index (χ4v) is 2.75. The third-order valence-electron chi connectivity index (χ3n) is 1.33. The second-order valence-electron chi connectivity index (χ2n) is 4.09. The summed E-state index contributed by atoms with van der Waals surface area (Å²) in [7, 11) is -5.13. The van der Waals surface area contributed by atoms with E-state index in [1.54, 1.807) is 21.1 Å². The monoisotopic (exact) mass is 263 g/mol. The van der Waals surface area contributed by atoms with Gasteiger partial charge >= 0.3 is 7.82 Å². The van der Waals surface area contributed by atoms with Crippen molar-refractivity contribution in [1.29, 1.82) is 0 Å². The standard InChI is InChI=1S/C5H15NO7P2/c1-6(2,3)4-5(14(7,8)9)13-15(10,11)12/h5H,4H2,1-3H3,(H3-,7,8,9,10,11,12). The van der Waals surface area contributed by atoms with E-state index < -0.39 is 21.3 Å². The van der Waals surface area contributed by atoms with Crippen molar-refractivity contribution in [3.63, 3.8) is 0 Å². The molecule has 0 aliphatic rings. The van der Waals surface area contributed by atoms with Crippen LogP contribution in [0.5, 0.6) is 0 Å². The normalized spacial score (nSPS) is 19.7. The van der Waals surface area contributed by atoms with Crippen molar-refractivity contribution in [3.8, 4) is 0 Å². The lowest BCUT2D eigenvalue weighted by molar-refractivity contribution is -0.872. The molecule has 3 N–H and O–H groups in total. The number of nitrogens with zero attached hydrogens (tertiary/aromatic N) is 1. The Morgan fingerprint density at radius 1 is 1.27 bits per heavy atom. The summed E-state index contributed by atoms with van der Waals surface area (Å²) < 4.78 is 25.3.